The molecule has 3 aromatic rings. The van der Waals surface area contributed by atoms with E-state index in [-0.39, 0.29) is 15.6 Å². The Morgan fingerprint density at radius 1 is 1.54 bits per heavy atom. The van der Waals surface area contributed by atoms with Crippen molar-refractivity contribution in [2.24, 2.45) is 5.73 Å². The van der Waals surface area contributed by atoms with Gasteiger partial charge in [-0.3, -0.25) is 5.41 Å². The lowest BCUT2D eigenvalue weighted by molar-refractivity contribution is 0.492. The van der Waals surface area contributed by atoms with E-state index in [9.17, 15) is 10.4 Å². The maximum absolute atomic E-state index is 9.65. The average Bonchev–Trinajstić information content (AvgIpc) is 3.12. The number of benzene rings is 1. The van der Waals surface area contributed by atoms with E-state index in [1.54, 1.807) is 10.6 Å². The number of aliphatic hydroxyl groups excluding tert-OH is 1. The standard InChI is InChI=1S/C16H14N6OS/c1-2-7-22-13(18)12(14(19)23)24-16(22)9(8-17)15-20-10-5-3-4-6-11(10)21-15/h2-6,18,23H,1,7,19H2,(H,20,21)/b14-12-,16-9+,18-13?. The summed E-state index contributed by atoms with van der Waals surface area (Å²) < 4.78 is 2.24. The molecule has 0 spiro atoms. The van der Waals surface area contributed by atoms with Gasteiger partial charge in [-0.1, -0.05) is 18.2 Å². The van der Waals surface area contributed by atoms with Gasteiger partial charge in [-0.05, 0) is 12.1 Å². The maximum atomic E-state index is 9.65. The highest BCUT2D eigenvalue weighted by molar-refractivity contribution is 7.07. The Hall–Kier alpha value is -3.31. The molecule has 1 aromatic carbocycles. The van der Waals surface area contributed by atoms with Crippen LogP contribution >= 0.6 is 11.3 Å². The highest BCUT2D eigenvalue weighted by Crippen LogP contribution is 2.14. The minimum Gasteiger partial charge on any atom is -0.494 e. The first kappa shape index (κ1) is 15.6. The van der Waals surface area contributed by atoms with Gasteiger partial charge in [-0.2, -0.15) is 5.26 Å². The largest absolute Gasteiger partial charge is 0.494 e. The number of hydrogen-bond acceptors (Lipinski definition) is 6. The second-order valence-corrected chi connectivity index (χ2v) is 5.96. The average molecular weight is 338 g/mol. The second kappa shape index (κ2) is 6.06. The van der Waals surface area contributed by atoms with E-state index >= 15 is 0 Å². The van der Waals surface area contributed by atoms with Gasteiger partial charge in [0.25, 0.3) is 0 Å². The van der Waals surface area contributed by atoms with Crippen LogP contribution in [0.5, 0.6) is 0 Å². The number of aliphatic hydroxyl groups is 1. The normalized spacial score (nSPS) is 13.5. The van der Waals surface area contributed by atoms with E-state index in [1.807, 2.05) is 24.3 Å². The lowest BCUT2D eigenvalue weighted by atomic mass is 10.3. The molecular formula is C16H14N6OS. The highest BCUT2D eigenvalue weighted by Gasteiger charge is 2.13. The molecule has 7 nitrogen and oxygen atoms in total. The predicted octanol–water partition coefficient (Wildman–Crippen LogP) is 0.396. The van der Waals surface area contributed by atoms with Crippen LogP contribution in [0.2, 0.25) is 0 Å². The summed E-state index contributed by atoms with van der Waals surface area (Å²) in [5.41, 5.74) is 7.30. The van der Waals surface area contributed by atoms with Crippen LogP contribution in [0.3, 0.4) is 0 Å². The zero-order valence-corrected chi connectivity index (χ0v) is 13.4. The van der Waals surface area contributed by atoms with Crippen LogP contribution < -0.4 is 20.4 Å². The van der Waals surface area contributed by atoms with Crippen LogP contribution in [-0.4, -0.2) is 19.6 Å². The summed E-state index contributed by atoms with van der Waals surface area (Å²) in [6, 6.07) is 9.59. The molecule has 5 N–H and O–H groups in total. The number of H-pyrrole nitrogens is 1. The SMILES string of the molecule is C=CCn1c(=N)/c(=C(\N)O)s/c1=C(\C#N)c1nc2ccccc2[nH]1. The Kier molecular flexibility index (Phi) is 3.93. The molecule has 0 saturated heterocycles. The van der Waals surface area contributed by atoms with E-state index < -0.39 is 5.88 Å². The number of para-hydroxylation sites is 2. The third-order valence-electron chi connectivity index (χ3n) is 3.43. The summed E-state index contributed by atoms with van der Waals surface area (Å²) in [7, 11) is 0. The summed E-state index contributed by atoms with van der Waals surface area (Å²) in [6.45, 7) is 3.98. The number of imidazole rings is 1. The van der Waals surface area contributed by atoms with Gasteiger partial charge in [-0.25, -0.2) is 4.98 Å². The number of rotatable bonds is 3. The number of aromatic amines is 1. The Bertz CT molecular complexity index is 1120. The van der Waals surface area contributed by atoms with Crippen molar-refractivity contribution in [1.82, 2.24) is 14.5 Å². The molecule has 0 bridgehead atoms. The number of nitriles is 1. The van der Waals surface area contributed by atoms with E-state index in [0.717, 1.165) is 22.4 Å². The summed E-state index contributed by atoms with van der Waals surface area (Å²) >= 11 is 1.07. The van der Waals surface area contributed by atoms with Gasteiger partial charge in [-0.15, -0.1) is 17.9 Å². The van der Waals surface area contributed by atoms with Gasteiger partial charge in [0.15, 0.2) is 5.82 Å². The zero-order chi connectivity index (χ0) is 17.3. The lowest BCUT2D eigenvalue weighted by Gasteiger charge is -1.99. The first-order valence-electron chi connectivity index (χ1n) is 7.00. The number of nitrogens with one attached hydrogen (secondary N) is 2. The summed E-state index contributed by atoms with van der Waals surface area (Å²) in [6.07, 6.45) is 1.61. The Balaban J connectivity index is 2.43. The minimum absolute atomic E-state index is 0.0266. The van der Waals surface area contributed by atoms with Gasteiger partial charge in [0.1, 0.15) is 26.3 Å². The van der Waals surface area contributed by atoms with Gasteiger partial charge in [0.2, 0.25) is 5.88 Å². The van der Waals surface area contributed by atoms with Gasteiger partial charge < -0.3 is 20.4 Å². The zero-order valence-electron chi connectivity index (χ0n) is 12.6. The van der Waals surface area contributed by atoms with E-state index in [4.69, 9.17) is 11.1 Å². The van der Waals surface area contributed by atoms with Crippen molar-refractivity contribution >= 4 is 33.8 Å². The molecule has 0 unspecified atom stereocenters. The smallest absolute Gasteiger partial charge is 0.203 e. The number of allylic oxidation sites excluding steroid dienone is 1. The van der Waals surface area contributed by atoms with Crippen LogP contribution in [-0.2, 0) is 6.54 Å². The summed E-state index contributed by atoms with van der Waals surface area (Å²) in [5.74, 6) is -0.0446. The van der Waals surface area contributed by atoms with Crippen LogP contribution in [0.4, 0.5) is 0 Å². The fourth-order valence-electron chi connectivity index (χ4n) is 2.36. The number of aromatic nitrogens is 3. The van der Waals surface area contributed by atoms with Gasteiger partial charge in [0, 0.05) is 6.54 Å². The number of nitrogens with two attached hydrogens (primary N) is 1. The van der Waals surface area contributed by atoms with Gasteiger partial charge >= 0.3 is 0 Å². The fraction of sp³-hybridized carbons (Fsp3) is 0.0625. The molecule has 24 heavy (non-hydrogen) atoms. The molecule has 0 amide bonds. The Morgan fingerprint density at radius 3 is 2.92 bits per heavy atom. The molecule has 0 aliphatic rings. The van der Waals surface area contributed by atoms with Crippen molar-refractivity contribution in [3.63, 3.8) is 0 Å². The fourth-order valence-corrected chi connectivity index (χ4v) is 3.39. The van der Waals surface area contributed by atoms with Crippen molar-refractivity contribution in [2.45, 2.75) is 6.54 Å². The molecule has 3 rings (SSSR count). The number of fused-ring (bicyclic) bond motifs is 1. The third kappa shape index (κ3) is 2.47. The molecular weight excluding hydrogens is 324 g/mol. The van der Waals surface area contributed by atoms with E-state index in [1.165, 1.54) is 0 Å². The topological polar surface area (TPSA) is 128 Å². The van der Waals surface area contributed by atoms with Crippen LogP contribution in [0, 0.1) is 16.7 Å². The van der Waals surface area contributed by atoms with Crippen molar-refractivity contribution in [2.75, 3.05) is 0 Å². The number of thiazole rings is 1. The molecule has 0 aliphatic carbocycles. The maximum Gasteiger partial charge on any atom is 0.203 e. The third-order valence-corrected chi connectivity index (χ3v) is 4.65. The first-order chi connectivity index (χ1) is 11.6. The van der Waals surface area contributed by atoms with Crippen molar-refractivity contribution in [3.05, 3.63) is 57.4 Å². The summed E-state index contributed by atoms with van der Waals surface area (Å²) in [4.78, 5) is 7.54. The molecule has 2 aromatic heterocycles. The Labute approximate surface area is 140 Å². The first-order valence-corrected chi connectivity index (χ1v) is 7.82. The number of hydrogen-bond donors (Lipinski definition) is 4. The second-order valence-electron chi connectivity index (χ2n) is 4.96. The number of nitrogens with zero attached hydrogens (tertiary/aromatic N) is 3. The van der Waals surface area contributed by atoms with Gasteiger partial charge in [0.05, 0.1) is 11.0 Å². The van der Waals surface area contributed by atoms with Crippen molar-refractivity contribution in [3.8, 4) is 6.07 Å². The lowest BCUT2D eigenvalue weighted by Crippen LogP contribution is -2.34. The molecule has 8 heteroatoms. The molecule has 0 radical (unpaired) electrons. The summed E-state index contributed by atoms with van der Waals surface area (Å²) in [5, 5.41) is 27.4. The monoisotopic (exact) mass is 338 g/mol. The Morgan fingerprint density at radius 2 is 2.29 bits per heavy atom. The van der Waals surface area contributed by atoms with E-state index in [2.05, 4.69) is 22.6 Å². The predicted molar refractivity (Wildman–Crippen MR) is 92.1 cm³/mol. The molecule has 0 saturated carbocycles. The molecule has 0 aliphatic heterocycles. The molecule has 0 fully saturated rings. The quantitative estimate of drug-likeness (QED) is 0.515. The van der Waals surface area contributed by atoms with E-state index in [0.29, 0.717) is 17.0 Å². The van der Waals surface area contributed by atoms with Crippen LogP contribution in [0.15, 0.2) is 36.9 Å². The molecule has 2 heterocycles. The van der Waals surface area contributed by atoms with Crippen LogP contribution in [0.25, 0.3) is 22.5 Å². The van der Waals surface area contributed by atoms with Crippen LogP contribution in [0.1, 0.15) is 5.82 Å². The highest BCUT2D eigenvalue weighted by atomic mass is 32.1. The molecule has 120 valence electrons. The van der Waals surface area contributed by atoms with Crippen molar-refractivity contribution in [1.29, 1.82) is 10.7 Å². The molecule has 0 atom stereocenters. The minimum atomic E-state index is -0.448. The van der Waals surface area contributed by atoms with Crippen molar-refractivity contribution < 1.29 is 5.11 Å².